The smallest absolute Gasteiger partial charge is 0.278 e. The van der Waals surface area contributed by atoms with Crippen molar-refractivity contribution in [1.29, 1.82) is 0 Å². The summed E-state index contributed by atoms with van der Waals surface area (Å²) in [5.74, 6) is -1.57. The van der Waals surface area contributed by atoms with Gasteiger partial charge in [-0.15, -0.1) is 0 Å². The highest BCUT2D eigenvalue weighted by atomic mass is 19.4. The fourth-order valence-electron chi connectivity index (χ4n) is 3.13. The Morgan fingerprint density at radius 1 is 1.00 bits per heavy atom. The van der Waals surface area contributed by atoms with Crippen molar-refractivity contribution >= 4 is 11.8 Å². The van der Waals surface area contributed by atoms with Crippen molar-refractivity contribution in [2.45, 2.75) is 25.6 Å². The van der Waals surface area contributed by atoms with E-state index in [1.807, 2.05) is 12.2 Å². The van der Waals surface area contributed by atoms with Crippen LogP contribution in [0.4, 0.5) is 13.2 Å². The summed E-state index contributed by atoms with van der Waals surface area (Å²) in [5.41, 5.74) is -0.855. The maximum absolute atomic E-state index is 13.0. The number of carbonyl (C=O) groups excluding carboxylic acids is 2. The molecule has 0 radical (unpaired) electrons. The molecular formula is C16H14F3NO2. The summed E-state index contributed by atoms with van der Waals surface area (Å²) in [6, 6.07) is 5.05. The molecule has 1 aliphatic heterocycles. The number of fused-ring (bicyclic) bond motifs is 1. The van der Waals surface area contributed by atoms with Gasteiger partial charge in [0.1, 0.15) is 0 Å². The highest BCUT2D eigenvalue weighted by Crippen LogP contribution is 2.37. The molecule has 1 aromatic rings. The van der Waals surface area contributed by atoms with Crippen LogP contribution >= 0.6 is 0 Å². The number of halogens is 3. The average molecular weight is 309 g/mol. The number of rotatable bonds is 2. The molecule has 0 saturated carbocycles. The van der Waals surface area contributed by atoms with Crippen molar-refractivity contribution in [3.63, 3.8) is 0 Å². The first-order valence-electron chi connectivity index (χ1n) is 7.05. The molecule has 1 fully saturated rings. The van der Waals surface area contributed by atoms with Crippen molar-refractivity contribution < 1.29 is 22.8 Å². The predicted molar refractivity (Wildman–Crippen MR) is 72.4 cm³/mol. The monoisotopic (exact) mass is 309 g/mol. The Kier molecular flexibility index (Phi) is 3.54. The minimum absolute atomic E-state index is 0.0525. The first-order chi connectivity index (χ1) is 10.4. The van der Waals surface area contributed by atoms with Gasteiger partial charge in [0.05, 0.1) is 23.9 Å². The minimum Gasteiger partial charge on any atom is -0.278 e. The van der Waals surface area contributed by atoms with Crippen LogP contribution in [-0.2, 0) is 22.3 Å². The van der Waals surface area contributed by atoms with Crippen LogP contribution in [0.1, 0.15) is 24.0 Å². The molecule has 0 aromatic heterocycles. The lowest BCUT2D eigenvalue weighted by molar-refractivity contribution is -0.143. The maximum atomic E-state index is 13.0. The molecule has 1 aliphatic carbocycles. The second-order valence-corrected chi connectivity index (χ2v) is 5.57. The molecule has 1 heterocycles. The number of alkyl halides is 3. The van der Waals surface area contributed by atoms with Gasteiger partial charge in [-0.1, -0.05) is 30.4 Å². The van der Waals surface area contributed by atoms with Crippen LogP contribution in [0.3, 0.4) is 0 Å². The van der Waals surface area contributed by atoms with E-state index in [0.717, 1.165) is 11.0 Å². The Morgan fingerprint density at radius 2 is 1.55 bits per heavy atom. The topological polar surface area (TPSA) is 37.4 Å². The van der Waals surface area contributed by atoms with Crippen molar-refractivity contribution in [2.24, 2.45) is 11.8 Å². The van der Waals surface area contributed by atoms with Gasteiger partial charge in [-0.2, -0.15) is 13.2 Å². The molecule has 0 N–H and O–H groups in total. The fourth-order valence-corrected chi connectivity index (χ4v) is 3.13. The SMILES string of the molecule is O=C1[C@H]2CC=CC[C@H]2C(=O)N1Cc1ccccc1C(F)(F)F. The van der Waals surface area contributed by atoms with E-state index in [9.17, 15) is 22.8 Å². The van der Waals surface area contributed by atoms with E-state index in [1.165, 1.54) is 18.2 Å². The summed E-state index contributed by atoms with van der Waals surface area (Å²) in [7, 11) is 0. The number of nitrogens with zero attached hydrogens (tertiary/aromatic N) is 1. The molecular weight excluding hydrogens is 295 g/mol. The van der Waals surface area contributed by atoms with Crippen LogP contribution in [0.25, 0.3) is 0 Å². The maximum Gasteiger partial charge on any atom is 0.416 e. The number of amides is 2. The second-order valence-electron chi connectivity index (χ2n) is 5.57. The number of carbonyl (C=O) groups is 2. The van der Waals surface area contributed by atoms with Gasteiger partial charge in [0.15, 0.2) is 0 Å². The molecule has 116 valence electrons. The van der Waals surface area contributed by atoms with E-state index in [4.69, 9.17) is 0 Å². The van der Waals surface area contributed by atoms with Crippen molar-refractivity contribution in [2.75, 3.05) is 0 Å². The minimum atomic E-state index is -4.50. The second kappa shape index (κ2) is 5.26. The third-order valence-electron chi connectivity index (χ3n) is 4.25. The Hall–Kier alpha value is -2.11. The van der Waals surface area contributed by atoms with E-state index in [0.29, 0.717) is 12.8 Å². The third kappa shape index (κ3) is 2.42. The Bertz CT molecular complexity index is 625. The molecule has 0 spiro atoms. The lowest BCUT2D eigenvalue weighted by Crippen LogP contribution is -2.31. The van der Waals surface area contributed by atoms with E-state index in [2.05, 4.69) is 0 Å². The van der Waals surface area contributed by atoms with Crippen LogP contribution in [0.2, 0.25) is 0 Å². The Labute approximate surface area is 125 Å². The largest absolute Gasteiger partial charge is 0.416 e. The van der Waals surface area contributed by atoms with E-state index < -0.39 is 23.6 Å². The van der Waals surface area contributed by atoms with Gasteiger partial charge >= 0.3 is 6.18 Å². The van der Waals surface area contributed by atoms with Gasteiger partial charge in [0, 0.05) is 0 Å². The van der Waals surface area contributed by atoms with Crippen LogP contribution in [0.15, 0.2) is 36.4 Å². The zero-order chi connectivity index (χ0) is 15.9. The molecule has 2 atom stereocenters. The molecule has 22 heavy (non-hydrogen) atoms. The van der Waals surface area contributed by atoms with Crippen LogP contribution in [0, 0.1) is 11.8 Å². The highest BCUT2D eigenvalue weighted by Gasteiger charge is 2.47. The number of imide groups is 1. The lowest BCUT2D eigenvalue weighted by Gasteiger charge is -2.18. The van der Waals surface area contributed by atoms with Crippen molar-refractivity contribution in [3.8, 4) is 0 Å². The summed E-state index contributed by atoms with van der Waals surface area (Å²) < 4.78 is 39.0. The van der Waals surface area contributed by atoms with Crippen LogP contribution < -0.4 is 0 Å². The molecule has 2 aliphatic rings. The number of hydrogen-bond donors (Lipinski definition) is 0. The lowest BCUT2D eigenvalue weighted by atomic mass is 9.85. The number of hydrogen-bond acceptors (Lipinski definition) is 2. The number of benzene rings is 1. The molecule has 0 unspecified atom stereocenters. The van der Waals surface area contributed by atoms with Gasteiger partial charge in [-0.3, -0.25) is 14.5 Å². The molecule has 1 aromatic carbocycles. The fraction of sp³-hybridized carbons (Fsp3) is 0.375. The van der Waals surface area contributed by atoms with Crippen molar-refractivity contribution in [1.82, 2.24) is 4.90 Å². The quantitative estimate of drug-likeness (QED) is 0.621. The first-order valence-corrected chi connectivity index (χ1v) is 7.05. The van der Waals surface area contributed by atoms with Gasteiger partial charge in [0.25, 0.3) is 0 Å². The molecule has 3 rings (SSSR count). The van der Waals surface area contributed by atoms with Gasteiger partial charge < -0.3 is 0 Å². The Balaban J connectivity index is 1.89. The molecule has 3 nitrogen and oxygen atoms in total. The first kappa shape index (κ1) is 14.8. The average Bonchev–Trinajstić information content (AvgIpc) is 2.72. The van der Waals surface area contributed by atoms with Gasteiger partial charge in [-0.05, 0) is 24.5 Å². The summed E-state index contributed by atoms with van der Waals surface area (Å²) in [6.45, 7) is -0.319. The van der Waals surface area contributed by atoms with Crippen molar-refractivity contribution in [3.05, 3.63) is 47.5 Å². The zero-order valence-electron chi connectivity index (χ0n) is 11.6. The number of allylic oxidation sites excluding steroid dienone is 2. The molecule has 2 amide bonds. The Morgan fingerprint density at radius 3 is 2.09 bits per heavy atom. The van der Waals surface area contributed by atoms with E-state index >= 15 is 0 Å². The third-order valence-corrected chi connectivity index (χ3v) is 4.25. The number of likely N-dealkylation sites (tertiary alicyclic amines) is 1. The van der Waals surface area contributed by atoms with Crippen LogP contribution in [0.5, 0.6) is 0 Å². The van der Waals surface area contributed by atoms with Gasteiger partial charge in [-0.25, -0.2) is 0 Å². The molecule has 0 bridgehead atoms. The summed E-state index contributed by atoms with van der Waals surface area (Å²) in [6.07, 6.45) is 0.148. The van der Waals surface area contributed by atoms with Crippen LogP contribution in [-0.4, -0.2) is 16.7 Å². The summed E-state index contributed by atoms with van der Waals surface area (Å²) >= 11 is 0. The highest BCUT2D eigenvalue weighted by molar-refractivity contribution is 6.05. The molecule has 1 saturated heterocycles. The van der Waals surface area contributed by atoms with E-state index in [-0.39, 0.29) is 23.9 Å². The standard InChI is InChI=1S/C16H14F3NO2/c17-16(18,19)13-8-4-1-5-10(13)9-20-14(21)11-6-2-3-7-12(11)15(20)22/h1-5,8,11-12H,6-7,9H2/t11-,12+. The molecule has 6 heteroatoms. The summed E-state index contributed by atoms with van der Waals surface area (Å²) in [4.78, 5) is 25.6. The van der Waals surface area contributed by atoms with Gasteiger partial charge in [0.2, 0.25) is 11.8 Å². The predicted octanol–water partition coefficient (Wildman–Crippen LogP) is 3.16. The zero-order valence-corrected chi connectivity index (χ0v) is 11.6. The summed E-state index contributed by atoms with van der Waals surface area (Å²) in [5, 5.41) is 0. The van der Waals surface area contributed by atoms with E-state index in [1.54, 1.807) is 0 Å². The normalized spacial score (nSPS) is 24.8.